The summed E-state index contributed by atoms with van der Waals surface area (Å²) in [6, 6.07) is 23.0. The van der Waals surface area contributed by atoms with E-state index in [1.807, 2.05) is 54.6 Å². The Morgan fingerprint density at radius 3 is 2.37 bits per heavy atom. The first-order valence-electron chi connectivity index (χ1n) is 13.5. The lowest BCUT2D eigenvalue weighted by atomic mass is 10.2. The monoisotopic (exact) mass is 633 g/mol. The minimum absolute atomic E-state index is 0.0625. The van der Waals surface area contributed by atoms with Crippen molar-refractivity contribution in [1.29, 1.82) is 0 Å². The van der Waals surface area contributed by atoms with Crippen LogP contribution >= 0.6 is 23.1 Å². The largest absolute Gasteiger partial charge is 0.345 e. The number of thioether (sulfide) groups is 1. The zero-order valence-corrected chi connectivity index (χ0v) is 25.3. The van der Waals surface area contributed by atoms with E-state index in [9.17, 15) is 18.0 Å². The van der Waals surface area contributed by atoms with Crippen molar-refractivity contribution < 1.29 is 18.0 Å². The average molecular weight is 634 g/mol. The summed E-state index contributed by atoms with van der Waals surface area (Å²) in [6.07, 6.45) is 1.70. The lowest BCUT2D eigenvalue weighted by molar-refractivity contribution is -0.113. The molecule has 1 aliphatic heterocycles. The second kappa shape index (κ2) is 12.6. The number of thiazole rings is 1. The van der Waals surface area contributed by atoms with E-state index in [0.29, 0.717) is 34.8 Å². The third-order valence-corrected chi connectivity index (χ3v) is 10.6. The zero-order chi connectivity index (χ0) is 29.8. The van der Waals surface area contributed by atoms with Crippen molar-refractivity contribution in [2.24, 2.45) is 0 Å². The fourth-order valence-electron chi connectivity index (χ4n) is 4.67. The van der Waals surface area contributed by atoms with Gasteiger partial charge < -0.3 is 10.6 Å². The second-order valence-corrected chi connectivity index (χ2v) is 13.6. The van der Waals surface area contributed by atoms with Crippen LogP contribution in [0.3, 0.4) is 0 Å². The number of carbonyl (C=O) groups excluding carboxylic acids is 2. The third kappa shape index (κ3) is 6.46. The highest BCUT2D eigenvalue weighted by Gasteiger charge is 2.27. The molecule has 3 aromatic carbocycles. The normalized spacial score (nSPS) is 13.8. The Kier molecular flexibility index (Phi) is 8.51. The SMILES string of the molecule is O=C(CSc1nnc(CNC(=O)c2ccc(S(=O)(=O)N3CCCC3)cc2)n1-c1ccccc1)Nc1nc2ccccc2s1. The number of anilines is 1. The lowest BCUT2D eigenvalue weighted by Gasteiger charge is -2.15. The number of rotatable bonds is 10. The maximum absolute atomic E-state index is 13.0. The Morgan fingerprint density at radius 2 is 1.63 bits per heavy atom. The Morgan fingerprint density at radius 1 is 0.907 bits per heavy atom. The van der Waals surface area contributed by atoms with E-state index < -0.39 is 10.0 Å². The molecule has 11 nitrogen and oxygen atoms in total. The molecule has 0 spiro atoms. The summed E-state index contributed by atoms with van der Waals surface area (Å²) in [5, 5.41) is 15.3. The Labute approximate surface area is 256 Å². The van der Waals surface area contributed by atoms with Crippen LogP contribution in [0.15, 0.2) is 88.9 Å². The number of nitrogens with one attached hydrogen (secondary N) is 2. The van der Waals surface area contributed by atoms with Gasteiger partial charge in [-0.1, -0.05) is 53.4 Å². The molecule has 1 saturated heterocycles. The zero-order valence-electron chi connectivity index (χ0n) is 22.8. The molecule has 0 bridgehead atoms. The molecule has 3 heterocycles. The van der Waals surface area contributed by atoms with Gasteiger partial charge in [0.25, 0.3) is 5.91 Å². The van der Waals surface area contributed by atoms with Crippen molar-refractivity contribution in [2.45, 2.75) is 29.4 Å². The van der Waals surface area contributed by atoms with Crippen molar-refractivity contribution in [3.63, 3.8) is 0 Å². The number of carbonyl (C=O) groups is 2. The summed E-state index contributed by atoms with van der Waals surface area (Å²) in [6.45, 7) is 1.09. The van der Waals surface area contributed by atoms with Crippen LogP contribution in [0.5, 0.6) is 0 Å². The van der Waals surface area contributed by atoms with Crippen LogP contribution in [0.25, 0.3) is 15.9 Å². The van der Waals surface area contributed by atoms with Gasteiger partial charge in [0, 0.05) is 24.3 Å². The van der Waals surface area contributed by atoms with Crippen LogP contribution in [0, 0.1) is 0 Å². The Hall–Kier alpha value is -4.11. The number of hydrogen-bond donors (Lipinski definition) is 2. The molecular weight excluding hydrogens is 607 g/mol. The molecule has 6 rings (SSSR count). The quantitative estimate of drug-likeness (QED) is 0.217. The third-order valence-electron chi connectivity index (χ3n) is 6.81. The highest BCUT2D eigenvalue weighted by molar-refractivity contribution is 7.99. The smallest absolute Gasteiger partial charge is 0.251 e. The van der Waals surface area contributed by atoms with Gasteiger partial charge in [0.1, 0.15) is 0 Å². The van der Waals surface area contributed by atoms with Crippen molar-refractivity contribution in [1.82, 2.24) is 29.4 Å². The van der Waals surface area contributed by atoms with Crippen LogP contribution in [0.4, 0.5) is 5.13 Å². The summed E-state index contributed by atoms with van der Waals surface area (Å²) >= 11 is 2.63. The molecule has 2 amide bonds. The number of amides is 2. The van der Waals surface area contributed by atoms with Gasteiger partial charge in [-0.2, -0.15) is 4.31 Å². The van der Waals surface area contributed by atoms with Crippen LogP contribution in [-0.4, -0.2) is 63.1 Å². The molecule has 1 aliphatic rings. The van der Waals surface area contributed by atoms with Crippen LogP contribution in [0.1, 0.15) is 29.0 Å². The van der Waals surface area contributed by atoms with Gasteiger partial charge in [-0.3, -0.25) is 14.2 Å². The molecule has 14 heteroatoms. The first-order chi connectivity index (χ1) is 20.9. The van der Waals surface area contributed by atoms with E-state index >= 15 is 0 Å². The summed E-state index contributed by atoms with van der Waals surface area (Å²) in [7, 11) is -3.56. The van der Waals surface area contributed by atoms with Crippen LogP contribution in [-0.2, 0) is 21.4 Å². The number of aromatic nitrogens is 4. The number of para-hydroxylation sites is 2. The van der Waals surface area contributed by atoms with E-state index in [1.54, 1.807) is 4.57 Å². The maximum Gasteiger partial charge on any atom is 0.251 e. The molecule has 0 unspecified atom stereocenters. The molecule has 0 saturated carbocycles. The first-order valence-corrected chi connectivity index (χ1v) is 16.8. The number of benzene rings is 3. The van der Waals surface area contributed by atoms with Gasteiger partial charge >= 0.3 is 0 Å². The van der Waals surface area contributed by atoms with Gasteiger partial charge in [-0.05, 0) is 61.4 Å². The predicted molar refractivity (Wildman–Crippen MR) is 166 cm³/mol. The maximum atomic E-state index is 13.0. The fourth-order valence-corrected chi connectivity index (χ4v) is 7.84. The predicted octanol–water partition coefficient (Wildman–Crippen LogP) is 4.32. The van der Waals surface area contributed by atoms with E-state index in [0.717, 1.165) is 28.7 Å². The highest BCUT2D eigenvalue weighted by Crippen LogP contribution is 2.27. The highest BCUT2D eigenvalue weighted by atomic mass is 32.2. The number of hydrogen-bond acceptors (Lipinski definition) is 9. The summed E-state index contributed by atoms with van der Waals surface area (Å²) in [5.41, 5.74) is 1.93. The van der Waals surface area contributed by atoms with Gasteiger partial charge in [0.05, 0.1) is 27.4 Å². The molecule has 0 aliphatic carbocycles. The van der Waals surface area contributed by atoms with Gasteiger partial charge in [-0.25, -0.2) is 13.4 Å². The molecule has 5 aromatic rings. The Balaban J connectivity index is 1.12. The van der Waals surface area contributed by atoms with Crippen molar-refractivity contribution in [3.8, 4) is 5.69 Å². The minimum Gasteiger partial charge on any atom is -0.345 e. The number of nitrogens with zero attached hydrogens (tertiary/aromatic N) is 5. The van der Waals surface area contributed by atoms with Crippen LogP contribution < -0.4 is 10.6 Å². The van der Waals surface area contributed by atoms with E-state index in [4.69, 9.17) is 0 Å². The summed E-state index contributed by atoms with van der Waals surface area (Å²) in [5.74, 6) is -0.0457. The molecule has 43 heavy (non-hydrogen) atoms. The van der Waals surface area contributed by atoms with Gasteiger partial charge in [0.15, 0.2) is 16.1 Å². The molecule has 1 fully saturated rings. The van der Waals surface area contributed by atoms with Crippen LogP contribution in [0.2, 0.25) is 0 Å². The molecule has 2 aromatic heterocycles. The molecule has 2 N–H and O–H groups in total. The van der Waals surface area contributed by atoms with E-state index in [2.05, 4.69) is 25.8 Å². The second-order valence-electron chi connectivity index (χ2n) is 9.71. The first kappa shape index (κ1) is 29.0. The van der Waals surface area contributed by atoms with Gasteiger partial charge in [-0.15, -0.1) is 10.2 Å². The molecule has 220 valence electrons. The van der Waals surface area contributed by atoms with Gasteiger partial charge in [0.2, 0.25) is 15.9 Å². The summed E-state index contributed by atoms with van der Waals surface area (Å²) in [4.78, 5) is 30.3. The van der Waals surface area contributed by atoms with E-state index in [-0.39, 0.29) is 29.0 Å². The lowest BCUT2D eigenvalue weighted by Crippen LogP contribution is -2.28. The number of sulfonamides is 1. The van der Waals surface area contributed by atoms with Crippen molar-refractivity contribution in [2.75, 3.05) is 24.2 Å². The average Bonchev–Trinajstić information content (AvgIpc) is 3.79. The molecule has 0 atom stereocenters. The van der Waals surface area contributed by atoms with Crippen molar-refractivity contribution >= 4 is 60.3 Å². The molecule has 0 radical (unpaired) electrons. The summed E-state index contributed by atoms with van der Waals surface area (Å²) < 4.78 is 29.9. The van der Waals surface area contributed by atoms with E-state index in [1.165, 1.54) is 51.7 Å². The standard InChI is InChI=1S/C29H27N7O4S3/c37-26(32-28-31-23-10-4-5-11-24(23)42-28)19-41-29-34-33-25(36(29)21-8-2-1-3-9-21)18-30-27(38)20-12-14-22(15-13-20)43(39,40)35-16-6-7-17-35/h1-5,8-15H,6-7,16-19H2,(H,30,38)(H,31,32,37). The molecular formula is C29H27N7O4S3. The van der Waals surface area contributed by atoms with Crippen molar-refractivity contribution in [3.05, 3.63) is 90.3 Å². The Bertz CT molecular complexity index is 1830. The fraction of sp³-hybridized carbons (Fsp3) is 0.207. The minimum atomic E-state index is -3.56. The number of fused-ring (bicyclic) bond motifs is 1. The topological polar surface area (TPSA) is 139 Å².